The number of amides is 2. The van der Waals surface area contributed by atoms with Crippen LogP contribution in [0.4, 0.5) is 19.0 Å². The van der Waals surface area contributed by atoms with Gasteiger partial charge < -0.3 is 21.7 Å². The molecule has 34 heavy (non-hydrogen) atoms. The Kier molecular flexibility index (Phi) is 6.73. The first kappa shape index (κ1) is 23.2. The highest BCUT2D eigenvalue weighted by Crippen LogP contribution is 2.21. The van der Waals surface area contributed by atoms with Gasteiger partial charge in [0, 0.05) is 41.9 Å². The summed E-state index contributed by atoms with van der Waals surface area (Å²) in [6.07, 6.45) is 2.17. The summed E-state index contributed by atoms with van der Waals surface area (Å²) in [5, 5.41) is 8.44. The number of nitrogens with zero attached hydrogens (tertiary/aromatic N) is 2. The number of anilines is 1. The summed E-state index contributed by atoms with van der Waals surface area (Å²) >= 11 is 0. The molecule has 0 bridgehead atoms. The van der Waals surface area contributed by atoms with Crippen LogP contribution in [-0.2, 0) is 6.54 Å². The molecule has 8 nitrogen and oxygen atoms in total. The molecule has 0 spiro atoms. The number of halogens is 3. The maximum atomic E-state index is 13.8. The van der Waals surface area contributed by atoms with Crippen molar-refractivity contribution < 1.29 is 22.8 Å². The third kappa shape index (κ3) is 5.15. The molecule has 2 amide bonds. The summed E-state index contributed by atoms with van der Waals surface area (Å²) in [5.41, 5.74) is 6.50. The summed E-state index contributed by atoms with van der Waals surface area (Å²) in [6.45, 7) is 1.05. The maximum absolute atomic E-state index is 13.8. The predicted octanol–water partition coefficient (Wildman–Crippen LogP) is 2.16. The zero-order chi connectivity index (χ0) is 24.2. The fraction of sp³-hybridized carbons (Fsp3) is 0.217. The number of hydrogen-bond acceptors (Lipinski definition) is 6. The van der Waals surface area contributed by atoms with Crippen molar-refractivity contribution >= 4 is 17.6 Å². The Morgan fingerprint density at radius 1 is 1.15 bits per heavy atom. The van der Waals surface area contributed by atoms with Crippen molar-refractivity contribution in [2.24, 2.45) is 0 Å². The first-order valence-electron chi connectivity index (χ1n) is 10.5. The summed E-state index contributed by atoms with van der Waals surface area (Å²) in [7, 11) is 0. The average molecular weight is 470 g/mol. The number of nitrogen functional groups attached to an aromatic ring is 1. The zero-order valence-corrected chi connectivity index (χ0v) is 17.9. The summed E-state index contributed by atoms with van der Waals surface area (Å²) < 4.78 is 40.6. The summed E-state index contributed by atoms with van der Waals surface area (Å²) in [5.74, 6) is -4.58. The van der Waals surface area contributed by atoms with Crippen molar-refractivity contribution in [3.8, 4) is 11.3 Å². The Labute approximate surface area is 192 Å². The van der Waals surface area contributed by atoms with Gasteiger partial charge in [0.1, 0.15) is 5.82 Å². The quantitative estimate of drug-likeness (QED) is 0.410. The smallest absolute Gasteiger partial charge is 0.274 e. The van der Waals surface area contributed by atoms with Crippen molar-refractivity contribution in [1.29, 1.82) is 0 Å². The molecule has 3 aromatic rings. The lowest BCUT2D eigenvalue weighted by molar-refractivity contribution is 0.0932. The van der Waals surface area contributed by atoms with Crippen molar-refractivity contribution in [1.82, 2.24) is 25.9 Å². The van der Waals surface area contributed by atoms with E-state index >= 15 is 0 Å². The molecule has 1 aliphatic rings. The van der Waals surface area contributed by atoms with Crippen LogP contribution in [0.25, 0.3) is 11.3 Å². The minimum Gasteiger partial charge on any atom is -0.382 e. The Morgan fingerprint density at radius 3 is 2.74 bits per heavy atom. The van der Waals surface area contributed by atoms with Gasteiger partial charge in [0.25, 0.3) is 11.8 Å². The van der Waals surface area contributed by atoms with Crippen LogP contribution in [0.2, 0.25) is 0 Å². The molecule has 2 heterocycles. The van der Waals surface area contributed by atoms with Gasteiger partial charge in [-0.15, -0.1) is 0 Å². The van der Waals surface area contributed by atoms with Crippen molar-refractivity contribution in [3.05, 3.63) is 76.9 Å². The van der Waals surface area contributed by atoms with E-state index in [1.165, 1.54) is 18.3 Å². The molecule has 0 aliphatic carbocycles. The molecule has 1 unspecified atom stereocenters. The molecule has 1 aromatic heterocycles. The number of nitrogens with one attached hydrogen (secondary N) is 3. The number of hydrogen-bond donors (Lipinski definition) is 4. The molecular formula is C23H21F3N6O2. The molecule has 0 saturated carbocycles. The fourth-order valence-corrected chi connectivity index (χ4v) is 3.57. The largest absolute Gasteiger partial charge is 0.382 e. The first-order valence-corrected chi connectivity index (χ1v) is 10.5. The van der Waals surface area contributed by atoms with Gasteiger partial charge in [0.2, 0.25) is 0 Å². The normalized spacial score (nSPS) is 15.2. The molecule has 11 heteroatoms. The first-order chi connectivity index (χ1) is 16.3. The molecule has 1 saturated heterocycles. The monoisotopic (exact) mass is 470 g/mol. The van der Waals surface area contributed by atoms with Gasteiger partial charge in [-0.2, -0.15) is 0 Å². The molecule has 2 aromatic carbocycles. The predicted molar refractivity (Wildman–Crippen MR) is 118 cm³/mol. The highest BCUT2D eigenvalue weighted by atomic mass is 19.2. The molecule has 1 aliphatic heterocycles. The fourth-order valence-electron chi connectivity index (χ4n) is 3.57. The number of rotatable bonds is 6. The highest BCUT2D eigenvalue weighted by molar-refractivity contribution is 5.97. The maximum Gasteiger partial charge on any atom is 0.274 e. The van der Waals surface area contributed by atoms with Gasteiger partial charge in [-0.25, -0.2) is 23.1 Å². The van der Waals surface area contributed by atoms with Gasteiger partial charge in [0.15, 0.2) is 23.1 Å². The van der Waals surface area contributed by atoms with Gasteiger partial charge in [-0.3, -0.25) is 9.59 Å². The van der Waals surface area contributed by atoms with Crippen LogP contribution in [-0.4, -0.2) is 40.9 Å². The van der Waals surface area contributed by atoms with Crippen LogP contribution in [0.15, 0.2) is 42.6 Å². The Bertz CT molecular complexity index is 1250. The van der Waals surface area contributed by atoms with E-state index in [1.54, 1.807) is 12.1 Å². The second-order valence-electron chi connectivity index (χ2n) is 7.78. The third-order valence-electron chi connectivity index (χ3n) is 5.34. The number of nitrogens with two attached hydrogens (primary N) is 1. The third-order valence-corrected chi connectivity index (χ3v) is 5.34. The summed E-state index contributed by atoms with van der Waals surface area (Å²) in [6, 6.07) is 7.48. The molecule has 1 fully saturated rings. The minimum absolute atomic E-state index is 0.0227. The second kappa shape index (κ2) is 9.87. The van der Waals surface area contributed by atoms with Crippen molar-refractivity contribution in [2.45, 2.75) is 19.0 Å². The van der Waals surface area contributed by atoms with E-state index in [2.05, 4.69) is 25.9 Å². The minimum atomic E-state index is -1.34. The van der Waals surface area contributed by atoms with Crippen LogP contribution in [0.5, 0.6) is 0 Å². The van der Waals surface area contributed by atoms with E-state index in [4.69, 9.17) is 5.73 Å². The summed E-state index contributed by atoms with van der Waals surface area (Å²) in [4.78, 5) is 33.5. The Hall–Kier alpha value is -3.99. The van der Waals surface area contributed by atoms with Gasteiger partial charge in [-0.05, 0) is 31.2 Å². The topological polar surface area (TPSA) is 122 Å². The molecule has 5 N–H and O–H groups in total. The standard InChI is InChI=1S/C23H21F3N6O2/c24-15-7-14(19(26)17(25)8-15)9-30-22(33)13-3-1-2-12(6-13)18-11-29-21(27)20(32-18)23(34)31-16-4-5-28-10-16/h1-3,6-8,11,16,28H,4-5,9-10H2,(H2,27,29)(H,30,33)(H,31,34). The number of aromatic nitrogens is 2. The molecule has 4 rings (SSSR count). The Morgan fingerprint density at radius 2 is 1.97 bits per heavy atom. The van der Waals surface area contributed by atoms with Gasteiger partial charge >= 0.3 is 0 Å². The SMILES string of the molecule is Nc1ncc(-c2cccc(C(=O)NCc3cc(F)cc(F)c3F)c2)nc1C(=O)NC1CCNC1. The lowest BCUT2D eigenvalue weighted by Crippen LogP contribution is -2.37. The van der Waals surface area contributed by atoms with Crippen LogP contribution in [0.1, 0.15) is 32.8 Å². The van der Waals surface area contributed by atoms with E-state index in [0.717, 1.165) is 19.0 Å². The van der Waals surface area contributed by atoms with E-state index in [1.807, 2.05) is 0 Å². The van der Waals surface area contributed by atoms with E-state index in [0.29, 0.717) is 23.9 Å². The van der Waals surface area contributed by atoms with Crippen LogP contribution >= 0.6 is 0 Å². The molecule has 176 valence electrons. The second-order valence-corrected chi connectivity index (χ2v) is 7.78. The number of carbonyl (C=O) groups excluding carboxylic acids is 2. The van der Waals surface area contributed by atoms with Crippen LogP contribution < -0.4 is 21.7 Å². The van der Waals surface area contributed by atoms with E-state index in [9.17, 15) is 22.8 Å². The molecule has 1 atom stereocenters. The van der Waals surface area contributed by atoms with E-state index in [-0.39, 0.29) is 28.7 Å². The highest BCUT2D eigenvalue weighted by Gasteiger charge is 2.21. The molecule has 0 radical (unpaired) electrons. The van der Waals surface area contributed by atoms with Crippen LogP contribution in [0.3, 0.4) is 0 Å². The lowest BCUT2D eigenvalue weighted by atomic mass is 10.1. The van der Waals surface area contributed by atoms with Crippen molar-refractivity contribution in [3.63, 3.8) is 0 Å². The number of carbonyl (C=O) groups is 2. The van der Waals surface area contributed by atoms with Crippen LogP contribution in [0, 0.1) is 17.5 Å². The van der Waals surface area contributed by atoms with Crippen molar-refractivity contribution in [2.75, 3.05) is 18.8 Å². The number of benzene rings is 2. The van der Waals surface area contributed by atoms with Gasteiger partial charge in [-0.1, -0.05) is 12.1 Å². The average Bonchev–Trinajstić information content (AvgIpc) is 3.33. The molecular weight excluding hydrogens is 449 g/mol. The van der Waals surface area contributed by atoms with Gasteiger partial charge in [0.05, 0.1) is 11.9 Å². The lowest BCUT2D eigenvalue weighted by Gasteiger charge is -2.13. The Balaban J connectivity index is 1.51. The zero-order valence-electron chi connectivity index (χ0n) is 17.9. The van der Waals surface area contributed by atoms with E-state index < -0.39 is 35.8 Å².